The molecular weight excluding hydrogens is 298 g/mol. The first kappa shape index (κ1) is 17.2. The van der Waals surface area contributed by atoms with Gasteiger partial charge in [-0.2, -0.15) is 4.72 Å². The van der Waals surface area contributed by atoms with Crippen LogP contribution in [0.25, 0.3) is 0 Å². The van der Waals surface area contributed by atoms with Gasteiger partial charge in [-0.15, -0.1) is 0 Å². The standard InChI is InChI=1S/C12H19N3O5S/c1-7(2)4-9(12(17)18)14-21(19,20)8-5-10(11(13)16)15(3)6-8/h5-7,9,14H,4H2,1-3H3,(H2,13,16)(H,17,18)/t9-/m1/s1. The molecule has 8 nitrogen and oxygen atoms in total. The highest BCUT2D eigenvalue weighted by molar-refractivity contribution is 7.89. The van der Waals surface area contributed by atoms with E-state index in [4.69, 9.17) is 10.8 Å². The molecule has 0 fully saturated rings. The fourth-order valence-corrected chi connectivity index (χ4v) is 3.12. The molecule has 1 aromatic heterocycles. The van der Waals surface area contributed by atoms with E-state index in [1.54, 1.807) is 13.8 Å². The van der Waals surface area contributed by atoms with Crippen LogP contribution in [0.4, 0.5) is 0 Å². The van der Waals surface area contributed by atoms with Crippen LogP contribution in [-0.4, -0.2) is 36.0 Å². The van der Waals surface area contributed by atoms with E-state index in [-0.39, 0.29) is 22.9 Å². The number of nitrogens with zero attached hydrogens (tertiary/aromatic N) is 1. The second-order valence-electron chi connectivity index (χ2n) is 5.18. The number of aromatic nitrogens is 1. The minimum Gasteiger partial charge on any atom is -0.480 e. The largest absolute Gasteiger partial charge is 0.480 e. The first-order valence-corrected chi connectivity index (χ1v) is 7.74. The molecule has 9 heteroatoms. The van der Waals surface area contributed by atoms with Crippen molar-refractivity contribution >= 4 is 21.9 Å². The van der Waals surface area contributed by atoms with E-state index in [1.807, 2.05) is 0 Å². The minimum atomic E-state index is -4.04. The fraction of sp³-hybridized carbons (Fsp3) is 0.500. The number of carboxylic acid groups (broad SMARTS) is 1. The van der Waals surface area contributed by atoms with Crippen LogP contribution in [0.2, 0.25) is 0 Å². The molecule has 0 saturated heterocycles. The highest BCUT2D eigenvalue weighted by atomic mass is 32.2. The topological polar surface area (TPSA) is 131 Å². The number of hydrogen-bond acceptors (Lipinski definition) is 4. The molecule has 0 aliphatic rings. The number of amides is 1. The molecule has 21 heavy (non-hydrogen) atoms. The van der Waals surface area contributed by atoms with Crippen LogP contribution in [0.1, 0.15) is 30.8 Å². The maximum absolute atomic E-state index is 12.2. The van der Waals surface area contributed by atoms with Gasteiger partial charge in [0, 0.05) is 13.2 Å². The Morgan fingerprint density at radius 3 is 2.38 bits per heavy atom. The number of nitrogens with two attached hydrogens (primary N) is 1. The number of carbonyl (C=O) groups is 2. The fourth-order valence-electron chi connectivity index (χ4n) is 1.85. The summed E-state index contributed by atoms with van der Waals surface area (Å²) in [7, 11) is -2.57. The Hall–Kier alpha value is -1.87. The van der Waals surface area contributed by atoms with Gasteiger partial charge in [0.25, 0.3) is 5.91 Å². The summed E-state index contributed by atoms with van der Waals surface area (Å²) in [5.41, 5.74) is 5.14. The van der Waals surface area contributed by atoms with Gasteiger partial charge in [-0.25, -0.2) is 8.42 Å². The highest BCUT2D eigenvalue weighted by Crippen LogP contribution is 2.15. The lowest BCUT2D eigenvalue weighted by atomic mass is 10.1. The van der Waals surface area contributed by atoms with E-state index in [0.717, 1.165) is 6.07 Å². The van der Waals surface area contributed by atoms with Crippen LogP contribution in [0.5, 0.6) is 0 Å². The molecule has 0 saturated carbocycles. The van der Waals surface area contributed by atoms with E-state index in [9.17, 15) is 18.0 Å². The van der Waals surface area contributed by atoms with Crippen LogP contribution in [0, 0.1) is 5.92 Å². The third-order valence-corrected chi connectivity index (χ3v) is 4.28. The zero-order valence-corrected chi connectivity index (χ0v) is 12.8. The summed E-state index contributed by atoms with van der Waals surface area (Å²) in [6.45, 7) is 3.58. The highest BCUT2D eigenvalue weighted by Gasteiger charge is 2.27. The zero-order valence-electron chi connectivity index (χ0n) is 12.0. The predicted molar refractivity (Wildman–Crippen MR) is 75.1 cm³/mol. The van der Waals surface area contributed by atoms with E-state index >= 15 is 0 Å². The number of primary amides is 1. The molecule has 0 aliphatic carbocycles. The van der Waals surface area contributed by atoms with Crippen molar-refractivity contribution in [2.24, 2.45) is 18.7 Å². The second-order valence-corrected chi connectivity index (χ2v) is 6.89. The third kappa shape index (κ3) is 4.30. The second kappa shape index (κ2) is 6.27. The maximum Gasteiger partial charge on any atom is 0.321 e. The molecule has 118 valence electrons. The monoisotopic (exact) mass is 317 g/mol. The van der Waals surface area contributed by atoms with Crippen LogP contribution in [-0.2, 0) is 21.9 Å². The lowest BCUT2D eigenvalue weighted by Crippen LogP contribution is -2.41. The molecule has 1 heterocycles. The normalized spacial score (nSPS) is 13.3. The van der Waals surface area contributed by atoms with Gasteiger partial charge in [-0.3, -0.25) is 9.59 Å². The SMILES string of the molecule is CC(C)C[C@@H](NS(=O)(=O)c1cc(C(N)=O)n(C)c1)C(=O)O. The Bertz CT molecular complexity index is 648. The Kier molecular flexibility index (Phi) is 5.13. The molecule has 1 amide bonds. The number of hydrogen-bond donors (Lipinski definition) is 3. The number of aryl methyl sites for hydroxylation is 1. The number of carboxylic acids is 1. The van der Waals surface area contributed by atoms with Gasteiger partial charge in [-0.05, 0) is 18.4 Å². The molecule has 1 aromatic rings. The van der Waals surface area contributed by atoms with Gasteiger partial charge in [-0.1, -0.05) is 13.8 Å². The van der Waals surface area contributed by atoms with Crippen LogP contribution in [0.15, 0.2) is 17.2 Å². The van der Waals surface area contributed by atoms with Gasteiger partial charge in [0.1, 0.15) is 16.6 Å². The van der Waals surface area contributed by atoms with Crippen molar-refractivity contribution in [3.05, 3.63) is 18.0 Å². The molecule has 0 unspecified atom stereocenters. The van der Waals surface area contributed by atoms with Crippen molar-refractivity contribution in [2.75, 3.05) is 0 Å². The van der Waals surface area contributed by atoms with E-state index in [0.29, 0.717) is 0 Å². The number of carbonyl (C=O) groups excluding carboxylic acids is 1. The average molecular weight is 317 g/mol. The van der Waals surface area contributed by atoms with Crippen molar-refractivity contribution in [3.8, 4) is 0 Å². The summed E-state index contributed by atoms with van der Waals surface area (Å²) in [6, 6.07) is -0.119. The molecule has 0 aromatic carbocycles. The van der Waals surface area contributed by atoms with Crippen molar-refractivity contribution in [3.63, 3.8) is 0 Å². The number of nitrogens with one attached hydrogen (secondary N) is 1. The molecular formula is C12H19N3O5S. The van der Waals surface area contributed by atoms with Crippen molar-refractivity contribution < 1.29 is 23.1 Å². The Morgan fingerprint density at radius 2 is 2.00 bits per heavy atom. The van der Waals surface area contributed by atoms with E-state index in [2.05, 4.69) is 4.72 Å². The molecule has 0 bridgehead atoms. The molecule has 1 atom stereocenters. The Labute approximate surface area is 123 Å². The smallest absolute Gasteiger partial charge is 0.321 e. The lowest BCUT2D eigenvalue weighted by molar-refractivity contribution is -0.139. The molecule has 1 rings (SSSR count). The Balaban J connectivity index is 3.07. The lowest BCUT2D eigenvalue weighted by Gasteiger charge is -2.15. The first-order chi connectivity index (χ1) is 9.54. The summed E-state index contributed by atoms with van der Waals surface area (Å²) in [6.07, 6.45) is 1.36. The molecule has 0 spiro atoms. The molecule has 0 radical (unpaired) electrons. The Morgan fingerprint density at radius 1 is 1.43 bits per heavy atom. The van der Waals surface area contributed by atoms with Crippen LogP contribution < -0.4 is 10.5 Å². The van der Waals surface area contributed by atoms with Gasteiger partial charge >= 0.3 is 5.97 Å². The van der Waals surface area contributed by atoms with Gasteiger partial charge in [0.05, 0.1) is 0 Å². The maximum atomic E-state index is 12.2. The minimum absolute atomic E-state index is 0.00533. The number of sulfonamides is 1. The summed E-state index contributed by atoms with van der Waals surface area (Å²) in [5, 5.41) is 9.07. The third-order valence-electron chi connectivity index (χ3n) is 2.85. The quantitative estimate of drug-likeness (QED) is 0.646. The summed E-state index contributed by atoms with van der Waals surface area (Å²) in [4.78, 5) is 22.0. The zero-order chi connectivity index (χ0) is 16.4. The molecule has 0 aliphatic heterocycles. The first-order valence-electron chi connectivity index (χ1n) is 6.26. The summed E-state index contributed by atoms with van der Waals surface area (Å²) < 4.78 is 27.8. The predicted octanol–water partition coefficient (Wildman–Crippen LogP) is -0.0984. The van der Waals surface area contributed by atoms with E-state index in [1.165, 1.54) is 17.8 Å². The molecule has 4 N–H and O–H groups in total. The number of rotatable bonds is 7. The van der Waals surface area contributed by atoms with Crippen molar-refractivity contribution in [1.29, 1.82) is 0 Å². The summed E-state index contributed by atoms with van der Waals surface area (Å²) in [5.74, 6) is -2.01. The number of aliphatic carboxylic acids is 1. The summed E-state index contributed by atoms with van der Waals surface area (Å²) >= 11 is 0. The van der Waals surface area contributed by atoms with Gasteiger partial charge < -0.3 is 15.4 Å². The van der Waals surface area contributed by atoms with Gasteiger partial charge in [0.15, 0.2) is 0 Å². The van der Waals surface area contributed by atoms with Crippen molar-refractivity contribution in [2.45, 2.75) is 31.2 Å². The van der Waals surface area contributed by atoms with Crippen molar-refractivity contribution in [1.82, 2.24) is 9.29 Å². The van der Waals surface area contributed by atoms with Gasteiger partial charge in [0.2, 0.25) is 10.0 Å². The average Bonchev–Trinajstić information content (AvgIpc) is 2.70. The van der Waals surface area contributed by atoms with E-state index < -0.39 is 27.9 Å². The van der Waals surface area contributed by atoms with Crippen LogP contribution in [0.3, 0.4) is 0 Å². The van der Waals surface area contributed by atoms with Crippen LogP contribution >= 0.6 is 0 Å².